The van der Waals surface area contributed by atoms with Crippen molar-refractivity contribution in [2.75, 3.05) is 52.9 Å². The summed E-state index contributed by atoms with van der Waals surface area (Å²) in [5, 5.41) is 40.4. The van der Waals surface area contributed by atoms with Gasteiger partial charge in [0.1, 0.15) is 5.60 Å². The van der Waals surface area contributed by atoms with Gasteiger partial charge >= 0.3 is 0 Å². The van der Waals surface area contributed by atoms with Gasteiger partial charge in [-0.25, -0.2) is 0 Å². The van der Waals surface area contributed by atoms with Crippen LogP contribution in [0.3, 0.4) is 0 Å². The molecule has 0 aromatic heterocycles. The number of ketones is 1. The molecular weight excluding hydrogens is 660 g/mol. The van der Waals surface area contributed by atoms with Gasteiger partial charge in [0, 0.05) is 51.3 Å². The minimum atomic E-state index is -0.622. The Bertz CT molecular complexity index is 1650. The number of hydrogen-bond donors (Lipinski definition) is 6. The predicted molar refractivity (Wildman–Crippen MR) is 203 cm³/mol. The second-order valence-electron chi connectivity index (χ2n) is 14.5. The molecule has 0 saturated heterocycles. The summed E-state index contributed by atoms with van der Waals surface area (Å²) >= 11 is 0. The SMILES string of the molecule is CN=C1NC#CC[C@@H]2CCC[C@]2(Cc2ccc(O)c(OC)c2)C(=O)/C=C/CCc2cc(c(O)c(O[C@@]3(CNC)CC[C@@H](CCOCCCO)C3)c2)N1. The van der Waals surface area contributed by atoms with Gasteiger partial charge in [0.05, 0.1) is 12.8 Å². The molecule has 2 aromatic carbocycles. The van der Waals surface area contributed by atoms with Gasteiger partial charge in [0.15, 0.2) is 28.8 Å². The Balaban J connectivity index is 1.40. The first-order valence-electron chi connectivity index (χ1n) is 18.7. The van der Waals surface area contributed by atoms with E-state index >= 15 is 0 Å². The molecule has 0 spiro atoms. The molecule has 2 fully saturated rings. The Hall–Kier alpha value is -4.24. The molecule has 282 valence electrons. The Morgan fingerprint density at radius 1 is 1.12 bits per heavy atom. The van der Waals surface area contributed by atoms with E-state index in [-0.39, 0.29) is 29.8 Å². The van der Waals surface area contributed by atoms with Crippen molar-refractivity contribution >= 4 is 17.4 Å². The van der Waals surface area contributed by atoms with Crippen LogP contribution in [-0.4, -0.2) is 80.2 Å². The molecule has 2 aromatic rings. The van der Waals surface area contributed by atoms with Crippen molar-refractivity contribution < 1.29 is 34.3 Å². The van der Waals surface area contributed by atoms with Crippen LogP contribution in [0.2, 0.25) is 0 Å². The van der Waals surface area contributed by atoms with Crippen LogP contribution < -0.4 is 25.4 Å². The van der Waals surface area contributed by atoms with E-state index in [4.69, 9.17) is 19.3 Å². The number of carbonyl (C=O) groups is 1. The summed E-state index contributed by atoms with van der Waals surface area (Å²) in [6.07, 6.45) is 12.8. The van der Waals surface area contributed by atoms with Crippen molar-refractivity contribution in [3.8, 4) is 35.0 Å². The molecule has 0 amide bonds. The van der Waals surface area contributed by atoms with Crippen molar-refractivity contribution in [2.24, 2.45) is 22.2 Å². The second kappa shape index (κ2) is 18.5. The lowest BCUT2D eigenvalue weighted by Gasteiger charge is -2.33. The van der Waals surface area contributed by atoms with Crippen molar-refractivity contribution in [1.82, 2.24) is 10.6 Å². The smallest absolute Gasteiger partial charge is 0.207 e. The highest BCUT2D eigenvalue weighted by Gasteiger charge is 2.47. The van der Waals surface area contributed by atoms with Crippen molar-refractivity contribution in [3.05, 3.63) is 53.6 Å². The molecule has 4 atom stereocenters. The monoisotopic (exact) mass is 716 g/mol. The first-order valence-corrected chi connectivity index (χ1v) is 18.7. The maximum Gasteiger partial charge on any atom is 0.207 e. The number of carbonyl (C=O) groups excluding carboxylic acids is 1. The van der Waals surface area contributed by atoms with E-state index in [1.165, 1.54) is 7.11 Å². The molecule has 6 N–H and O–H groups in total. The number of ether oxygens (including phenoxy) is 3. The Labute approximate surface area is 308 Å². The lowest BCUT2D eigenvalue weighted by Crippen LogP contribution is -2.42. The van der Waals surface area contributed by atoms with Gasteiger partial charge in [-0.05, 0) is 125 Å². The number of guanidine groups is 1. The average molecular weight is 717 g/mol. The fourth-order valence-electron chi connectivity index (χ4n) is 8.23. The zero-order valence-corrected chi connectivity index (χ0v) is 30.9. The number of aliphatic hydroxyl groups is 1. The first-order chi connectivity index (χ1) is 25.2. The van der Waals surface area contributed by atoms with Crippen LogP contribution in [0.15, 0.2) is 47.5 Å². The third kappa shape index (κ3) is 9.59. The van der Waals surface area contributed by atoms with E-state index in [0.29, 0.717) is 80.9 Å². The van der Waals surface area contributed by atoms with E-state index in [0.717, 1.165) is 56.1 Å². The van der Waals surface area contributed by atoms with Crippen molar-refractivity contribution in [1.29, 1.82) is 0 Å². The summed E-state index contributed by atoms with van der Waals surface area (Å²) in [6, 6.07) is 12.2. The molecule has 3 aliphatic rings. The number of fused-ring (bicyclic) bond motifs is 3. The standard InChI is InChI=1S/C41H56N4O7/c1-42-28-40(18-15-29(26-40)16-22-51-21-8-20-46)52-36-24-30-9-4-5-12-37(48)41(27-31-13-14-34(47)35(25-31)50-3)17-6-10-32(41)11-7-19-44-39(43-2)45-33(23-30)38(36)49/h5,12-14,23-25,29,32,42,46-47,49H,4,6,8-11,15-18,20-22,26-28H2,1-3H3,(H2,43,44,45)/b12-5+/t29-,32-,40-,41+/m0/s1. The second-order valence-corrected chi connectivity index (χ2v) is 14.5. The highest BCUT2D eigenvalue weighted by Crippen LogP contribution is 2.49. The number of nitrogens with zero attached hydrogens (tertiary/aromatic N) is 1. The molecule has 1 heterocycles. The van der Waals surface area contributed by atoms with Crippen molar-refractivity contribution in [2.45, 2.75) is 82.7 Å². The summed E-state index contributed by atoms with van der Waals surface area (Å²) in [5.41, 5.74) is 1.22. The molecule has 52 heavy (non-hydrogen) atoms. The molecule has 2 saturated carbocycles. The fourth-order valence-corrected chi connectivity index (χ4v) is 8.23. The number of allylic oxidation sites excluding steroid dienone is 2. The third-order valence-electron chi connectivity index (χ3n) is 10.9. The molecular formula is C41H56N4O7. The molecule has 5 rings (SSSR count). The van der Waals surface area contributed by atoms with E-state index in [9.17, 15) is 15.0 Å². The van der Waals surface area contributed by atoms with E-state index < -0.39 is 11.0 Å². The number of aliphatic imine (C=N–C) groups is 1. The number of aromatic hydroxyl groups is 2. The van der Waals surface area contributed by atoms with E-state index in [1.54, 1.807) is 19.2 Å². The number of aryl methyl sites for hydroxylation is 1. The molecule has 0 radical (unpaired) electrons. The maximum atomic E-state index is 14.2. The highest BCUT2D eigenvalue weighted by molar-refractivity contribution is 5.97. The lowest BCUT2D eigenvalue weighted by atomic mass is 9.69. The molecule has 2 aliphatic carbocycles. The average Bonchev–Trinajstić information content (AvgIpc) is 3.74. The minimum absolute atomic E-state index is 0.000592. The van der Waals surface area contributed by atoms with Crippen LogP contribution in [0, 0.1) is 29.2 Å². The zero-order chi connectivity index (χ0) is 37.0. The highest BCUT2D eigenvalue weighted by atomic mass is 16.5. The molecule has 11 nitrogen and oxygen atoms in total. The van der Waals surface area contributed by atoms with Crippen LogP contribution in [0.1, 0.15) is 75.3 Å². The number of benzene rings is 2. The first kappa shape index (κ1) is 39.0. The maximum absolute atomic E-state index is 14.2. The number of rotatable bonds is 13. The van der Waals surface area contributed by atoms with Gasteiger partial charge < -0.3 is 40.2 Å². The topological polar surface area (TPSA) is 154 Å². The van der Waals surface area contributed by atoms with E-state index in [2.05, 4.69) is 32.9 Å². The van der Waals surface area contributed by atoms with Crippen LogP contribution >= 0.6 is 0 Å². The summed E-state index contributed by atoms with van der Waals surface area (Å²) in [5.74, 6) is 5.08. The van der Waals surface area contributed by atoms with E-state index in [1.807, 2.05) is 37.4 Å². The number of hydrogen-bond acceptors (Lipinski definition) is 9. The van der Waals surface area contributed by atoms with Crippen LogP contribution in [0.4, 0.5) is 5.69 Å². The fraction of sp³-hybridized carbons (Fsp3) is 0.561. The summed E-state index contributed by atoms with van der Waals surface area (Å²) < 4.78 is 17.9. The molecule has 0 unspecified atom stereocenters. The summed E-state index contributed by atoms with van der Waals surface area (Å²) in [7, 11) is 5.09. The number of likely N-dealkylation sites (N-methyl/N-ethyl adjacent to an activating group) is 1. The minimum Gasteiger partial charge on any atom is -0.504 e. The van der Waals surface area contributed by atoms with Gasteiger partial charge in [0.2, 0.25) is 5.96 Å². The van der Waals surface area contributed by atoms with Gasteiger partial charge in [0.25, 0.3) is 0 Å². The number of phenolic OH excluding ortho intramolecular Hbond substituents is 2. The van der Waals surface area contributed by atoms with Crippen molar-refractivity contribution in [3.63, 3.8) is 0 Å². The Morgan fingerprint density at radius 3 is 2.77 bits per heavy atom. The Kier molecular flexibility index (Phi) is 13.9. The summed E-state index contributed by atoms with van der Waals surface area (Å²) in [4.78, 5) is 18.6. The predicted octanol–water partition coefficient (Wildman–Crippen LogP) is 5.47. The van der Waals surface area contributed by atoms with Gasteiger partial charge in [-0.15, -0.1) is 0 Å². The largest absolute Gasteiger partial charge is 0.504 e. The molecule has 2 bridgehead atoms. The van der Waals surface area contributed by atoms with Crippen LogP contribution in [0.25, 0.3) is 0 Å². The number of nitrogens with one attached hydrogen (secondary N) is 3. The normalized spacial score (nSPS) is 26.2. The zero-order valence-electron chi connectivity index (χ0n) is 30.9. The van der Waals surface area contributed by atoms with Crippen LogP contribution in [0.5, 0.6) is 23.0 Å². The molecule has 1 aliphatic heterocycles. The van der Waals surface area contributed by atoms with Crippen LogP contribution in [-0.2, 0) is 22.4 Å². The number of methoxy groups -OCH3 is 1. The number of aliphatic hydroxyl groups excluding tert-OH is 1. The third-order valence-corrected chi connectivity index (χ3v) is 10.9. The van der Waals surface area contributed by atoms with Gasteiger partial charge in [-0.2, -0.15) is 0 Å². The quantitative estimate of drug-likeness (QED) is 0.0894. The Morgan fingerprint density at radius 2 is 1.98 bits per heavy atom. The lowest BCUT2D eigenvalue weighted by molar-refractivity contribution is -0.125. The summed E-state index contributed by atoms with van der Waals surface area (Å²) in [6.45, 7) is 1.96. The van der Waals surface area contributed by atoms with Gasteiger partial charge in [-0.3, -0.25) is 15.1 Å². The number of phenols is 2. The number of anilines is 1. The van der Waals surface area contributed by atoms with Gasteiger partial charge in [-0.1, -0.05) is 24.5 Å². The molecule has 11 heteroatoms.